The molecule has 0 aliphatic rings. The Morgan fingerprint density at radius 2 is 1.89 bits per heavy atom. The number of nitrogens with two attached hydrogens (primary N) is 1. The summed E-state index contributed by atoms with van der Waals surface area (Å²) in [5.74, 6) is -0.211. The molecule has 0 saturated heterocycles. The number of rotatable bonds is 3. The minimum Gasteiger partial charge on any atom is -0.497 e. The molecule has 18 heavy (non-hydrogen) atoms. The maximum atomic E-state index is 11.1. The second kappa shape index (κ2) is 4.75. The topological polar surface area (TPSA) is 85.4 Å². The quantitative estimate of drug-likeness (QED) is 0.862. The predicted octanol–water partition coefficient (Wildman–Crippen LogP) is 2.04. The molecular weight excluding hydrogens is 232 g/mol. The lowest BCUT2D eigenvalue weighted by Crippen LogP contribution is -2.05. The molecule has 0 atom stereocenters. The Bertz CT molecular complexity index is 579. The van der Waals surface area contributed by atoms with Crippen molar-refractivity contribution in [2.75, 3.05) is 12.8 Å². The van der Waals surface area contributed by atoms with Crippen molar-refractivity contribution in [1.82, 2.24) is 4.98 Å². The lowest BCUT2D eigenvalue weighted by Gasteiger charge is -2.07. The van der Waals surface area contributed by atoms with Crippen molar-refractivity contribution in [3.63, 3.8) is 0 Å². The van der Waals surface area contributed by atoms with E-state index < -0.39 is 5.97 Å². The van der Waals surface area contributed by atoms with E-state index in [4.69, 9.17) is 15.6 Å². The highest BCUT2D eigenvalue weighted by molar-refractivity contribution is 5.94. The molecule has 0 aliphatic carbocycles. The molecule has 92 valence electrons. The summed E-state index contributed by atoms with van der Waals surface area (Å²) in [6, 6.07) is 10.3. The fourth-order valence-electron chi connectivity index (χ4n) is 1.64. The minimum absolute atomic E-state index is 0.0554. The van der Waals surface area contributed by atoms with E-state index in [2.05, 4.69) is 4.98 Å². The number of aromatic nitrogens is 1. The molecule has 1 heterocycles. The fraction of sp³-hybridized carbons (Fsp3) is 0.0769. The molecule has 2 rings (SSSR count). The molecule has 0 radical (unpaired) electrons. The minimum atomic E-state index is -1.10. The van der Waals surface area contributed by atoms with Crippen LogP contribution in [0.5, 0.6) is 5.75 Å². The number of aromatic carboxylic acids is 1. The number of carboxylic acids is 1. The normalized spacial score (nSPS) is 10.1. The molecule has 1 aromatic heterocycles. The van der Waals surface area contributed by atoms with E-state index in [9.17, 15) is 4.79 Å². The van der Waals surface area contributed by atoms with E-state index in [1.807, 2.05) is 0 Å². The molecule has 3 N–H and O–H groups in total. The summed E-state index contributed by atoms with van der Waals surface area (Å²) in [7, 11) is 1.57. The van der Waals surface area contributed by atoms with Crippen molar-refractivity contribution in [2.24, 2.45) is 0 Å². The van der Waals surface area contributed by atoms with Crippen molar-refractivity contribution < 1.29 is 14.6 Å². The van der Waals surface area contributed by atoms with Gasteiger partial charge in [-0.2, -0.15) is 0 Å². The summed E-state index contributed by atoms with van der Waals surface area (Å²) in [5, 5.41) is 9.11. The maximum Gasteiger partial charge on any atom is 0.355 e. The lowest BCUT2D eigenvalue weighted by molar-refractivity contribution is 0.0691. The number of pyridine rings is 1. The number of hydrogen-bond donors (Lipinski definition) is 2. The number of carboxylic acid groups (broad SMARTS) is 1. The molecule has 0 unspecified atom stereocenters. The highest BCUT2D eigenvalue weighted by atomic mass is 16.5. The van der Waals surface area contributed by atoms with Gasteiger partial charge in [0.2, 0.25) is 0 Å². The molecule has 2 aromatic rings. The zero-order valence-electron chi connectivity index (χ0n) is 9.75. The smallest absolute Gasteiger partial charge is 0.355 e. The van der Waals surface area contributed by atoms with Gasteiger partial charge in [0, 0.05) is 5.56 Å². The van der Waals surface area contributed by atoms with Crippen LogP contribution in [0.4, 0.5) is 5.82 Å². The van der Waals surface area contributed by atoms with Gasteiger partial charge in [0.15, 0.2) is 5.69 Å². The third kappa shape index (κ3) is 2.24. The van der Waals surface area contributed by atoms with Crippen LogP contribution in [-0.2, 0) is 0 Å². The third-order valence-corrected chi connectivity index (χ3v) is 2.52. The van der Waals surface area contributed by atoms with Crippen LogP contribution in [0.15, 0.2) is 36.4 Å². The summed E-state index contributed by atoms with van der Waals surface area (Å²) >= 11 is 0. The van der Waals surface area contributed by atoms with Crippen molar-refractivity contribution in [1.29, 1.82) is 0 Å². The van der Waals surface area contributed by atoms with E-state index in [1.54, 1.807) is 43.5 Å². The SMILES string of the molecule is COc1ccc(-c2ccc(N)nc2C(=O)O)cc1. The summed E-state index contributed by atoms with van der Waals surface area (Å²) in [5.41, 5.74) is 6.72. The van der Waals surface area contributed by atoms with Gasteiger partial charge in [0.1, 0.15) is 11.6 Å². The first-order valence-electron chi connectivity index (χ1n) is 5.26. The zero-order valence-corrected chi connectivity index (χ0v) is 9.75. The lowest BCUT2D eigenvalue weighted by atomic mass is 10.0. The van der Waals surface area contributed by atoms with Gasteiger partial charge in [-0.1, -0.05) is 12.1 Å². The molecule has 0 bridgehead atoms. The standard InChI is InChI=1S/C13H12N2O3/c1-18-9-4-2-8(3-5-9)10-6-7-11(14)15-12(10)13(16)17/h2-7H,1H3,(H2,14,15)(H,16,17). The fourth-order valence-corrected chi connectivity index (χ4v) is 1.64. The maximum absolute atomic E-state index is 11.1. The number of hydrogen-bond acceptors (Lipinski definition) is 4. The Hall–Kier alpha value is -2.56. The zero-order chi connectivity index (χ0) is 13.1. The first kappa shape index (κ1) is 11.9. The second-order valence-electron chi connectivity index (χ2n) is 3.67. The second-order valence-corrected chi connectivity index (χ2v) is 3.67. The van der Waals surface area contributed by atoms with Gasteiger partial charge in [0.25, 0.3) is 0 Å². The summed E-state index contributed by atoms with van der Waals surface area (Å²) in [4.78, 5) is 15.0. The average Bonchev–Trinajstić information content (AvgIpc) is 2.39. The predicted molar refractivity (Wildman–Crippen MR) is 67.6 cm³/mol. The highest BCUT2D eigenvalue weighted by Crippen LogP contribution is 2.25. The molecule has 5 nitrogen and oxygen atoms in total. The van der Waals surface area contributed by atoms with Gasteiger partial charge < -0.3 is 15.6 Å². The van der Waals surface area contributed by atoms with Crippen LogP contribution in [0.1, 0.15) is 10.5 Å². The number of anilines is 1. The number of ether oxygens (including phenoxy) is 1. The van der Waals surface area contributed by atoms with Crippen molar-refractivity contribution >= 4 is 11.8 Å². The highest BCUT2D eigenvalue weighted by Gasteiger charge is 2.13. The van der Waals surface area contributed by atoms with Crippen LogP contribution < -0.4 is 10.5 Å². The third-order valence-electron chi connectivity index (χ3n) is 2.52. The largest absolute Gasteiger partial charge is 0.497 e. The van der Waals surface area contributed by atoms with Crippen LogP contribution in [0.2, 0.25) is 0 Å². The number of nitrogens with zero attached hydrogens (tertiary/aromatic N) is 1. The van der Waals surface area contributed by atoms with Gasteiger partial charge >= 0.3 is 5.97 Å². The van der Waals surface area contributed by atoms with E-state index in [1.165, 1.54) is 0 Å². The number of methoxy groups -OCH3 is 1. The van der Waals surface area contributed by atoms with Gasteiger partial charge in [0.05, 0.1) is 7.11 Å². The molecule has 0 spiro atoms. The number of nitrogen functional groups attached to an aromatic ring is 1. The first-order chi connectivity index (χ1) is 8.61. The summed E-state index contributed by atoms with van der Waals surface area (Å²) < 4.78 is 5.05. The molecule has 0 amide bonds. The van der Waals surface area contributed by atoms with Gasteiger partial charge in [-0.25, -0.2) is 9.78 Å². The molecule has 1 aromatic carbocycles. The molecule has 0 fully saturated rings. The van der Waals surface area contributed by atoms with Crippen molar-refractivity contribution in [3.8, 4) is 16.9 Å². The molecular formula is C13H12N2O3. The number of carbonyl (C=O) groups is 1. The van der Waals surface area contributed by atoms with E-state index in [0.29, 0.717) is 11.3 Å². The van der Waals surface area contributed by atoms with Gasteiger partial charge in [-0.3, -0.25) is 0 Å². The van der Waals surface area contributed by atoms with Crippen LogP contribution in [0.3, 0.4) is 0 Å². The van der Waals surface area contributed by atoms with E-state index >= 15 is 0 Å². The van der Waals surface area contributed by atoms with Crippen LogP contribution in [0.25, 0.3) is 11.1 Å². The Morgan fingerprint density at radius 3 is 2.44 bits per heavy atom. The van der Waals surface area contributed by atoms with Gasteiger partial charge in [-0.05, 0) is 29.8 Å². The van der Waals surface area contributed by atoms with E-state index in [-0.39, 0.29) is 11.5 Å². The molecule has 5 heteroatoms. The Labute approximate surface area is 104 Å². The summed E-state index contributed by atoms with van der Waals surface area (Å²) in [6.45, 7) is 0. The van der Waals surface area contributed by atoms with Crippen LogP contribution >= 0.6 is 0 Å². The van der Waals surface area contributed by atoms with Crippen LogP contribution in [-0.4, -0.2) is 23.2 Å². The molecule has 0 aliphatic heterocycles. The van der Waals surface area contributed by atoms with Crippen LogP contribution in [0, 0.1) is 0 Å². The first-order valence-corrected chi connectivity index (χ1v) is 5.26. The Kier molecular flexibility index (Phi) is 3.14. The Balaban J connectivity index is 2.52. The number of benzene rings is 1. The van der Waals surface area contributed by atoms with E-state index in [0.717, 1.165) is 5.56 Å². The Morgan fingerprint density at radius 1 is 1.22 bits per heavy atom. The van der Waals surface area contributed by atoms with Crippen molar-refractivity contribution in [3.05, 3.63) is 42.1 Å². The summed E-state index contributed by atoms with van der Waals surface area (Å²) in [6.07, 6.45) is 0. The monoisotopic (exact) mass is 244 g/mol. The average molecular weight is 244 g/mol. The molecule has 0 saturated carbocycles. The van der Waals surface area contributed by atoms with Gasteiger partial charge in [-0.15, -0.1) is 0 Å². The van der Waals surface area contributed by atoms with Crippen molar-refractivity contribution in [2.45, 2.75) is 0 Å².